The highest BCUT2D eigenvalue weighted by atomic mass is 35.5. The van der Waals surface area contributed by atoms with E-state index < -0.39 is 0 Å². The molecule has 0 saturated heterocycles. The Morgan fingerprint density at radius 1 is 1.50 bits per heavy atom. The van der Waals surface area contributed by atoms with E-state index in [1.807, 2.05) is 24.0 Å². The summed E-state index contributed by atoms with van der Waals surface area (Å²) in [6.45, 7) is 0.861. The van der Waals surface area contributed by atoms with Crippen LogP contribution in [0, 0.1) is 6.19 Å². The number of hydrogen-bond donors (Lipinski definition) is 0. The fourth-order valence-corrected chi connectivity index (χ4v) is 0.523. The van der Waals surface area contributed by atoms with Crippen LogP contribution in [0.15, 0.2) is 0 Å². The lowest BCUT2D eigenvalue weighted by Crippen LogP contribution is -3.00. The van der Waals surface area contributed by atoms with Crippen molar-refractivity contribution in [3.8, 4) is 6.19 Å². The van der Waals surface area contributed by atoms with E-state index in [0.29, 0.717) is 0 Å². The largest absolute Gasteiger partial charge is 1.00 e. The molecule has 1 aliphatic rings. The van der Waals surface area contributed by atoms with Crippen molar-refractivity contribution in [3.05, 3.63) is 4.95 Å². The van der Waals surface area contributed by atoms with Crippen LogP contribution in [-0.4, -0.2) is 30.7 Å². The first-order valence-corrected chi connectivity index (χ1v) is 2.17. The van der Waals surface area contributed by atoms with Crippen LogP contribution in [0.4, 0.5) is 0 Å². The third-order valence-corrected chi connectivity index (χ3v) is 0.803. The molecular formula is C4H8ClN3. The molecule has 0 fully saturated rings. The van der Waals surface area contributed by atoms with Gasteiger partial charge in [0.1, 0.15) is 0 Å². The summed E-state index contributed by atoms with van der Waals surface area (Å²) in [4.78, 5) is 5.72. The van der Waals surface area contributed by atoms with Crippen LogP contribution in [-0.2, 0) is 0 Å². The Morgan fingerprint density at radius 3 is 2.25 bits per heavy atom. The second-order valence-electron chi connectivity index (χ2n) is 1.70. The standard InChI is InChI=1S/C4H8N3.ClH/c1-6-3-5-7(2)4-6;/h4H2,1-2H3;1H/q+1;/p-1. The van der Waals surface area contributed by atoms with Gasteiger partial charge in [0.05, 0.1) is 14.1 Å². The highest BCUT2D eigenvalue weighted by Gasteiger charge is 2.13. The van der Waals surface area contributed by atoms with Crippen molar-refractivity contribution in [2.45, 2.75) is 0 Å². The molecule has 1 heterocycles. The lowest BCUT2D eigenvalue weighted by atomic mass is 10.9. The zero-order chi connectivity index (χ0) is 5.28. The molecule has 0 amide bonds. The molecule has 0 aromatic carbocycles. The van der Waals surface area contributed by atoms with Crippen LogP contribution in [0.25, 0.3) is 4.95 Å². The van der Waals surface area contributed by atoms with E-state index in [2.05, 4.69) is 11.1 Å². The maximum atomic E-state index is 3.83. The van der Waals surface area contributed by atoms with Crippen LogP contribution < -0.4 is 12.4 Å². The summed E-state index contributed by atoms with van der Waals surface area (Å²) in [5.41, 5.74) is 0. The van der Waals surface area contributed by atoms with Gasteiger partial charge in [0.2, 0.25) is 6.67 Å². The molecule has 1 aliphatic heterocycles. The van der Waals surface area contributed by atoms with Gasteiger partial charge in [-0.15, -0.1) is 5.01 Å². The van der Waals surface area contributed by atoms with Gasteiger partial charge >= 0.3 is 6.19 Å². The Bertz CT molecular complexity index is 113. The van der Waals surface area contributed by atoms with Crippen molar-refractivity contribution < 1.29 is 12.4 Å². The number of rotatable bonds is 0. The molecule has 0 atom stereocenters. The summed E-state index contributed by atoms with van der Waals surface area (Å²) in [5, 5.41) is 1.82. The Kier molecular flexibility index (Phi) is 2.43. The minimum Gasteiger partial charge on any atom is -1.00 e. The molecule has 0 radical (unpaired) electrons. The molecule has 3 nitrogen and oxygen atoms in total. The predicted octanol–water partition coefficient (Wildman–Crippen LogP) is -2.97. The molecule has 0 aromatic rings. The number of halogens is 1. The Morgan fingerprint density at radius 2 is 2.12 bits per heavy atom. The molecule has 0 unspecified atom stereocenters. The topological polar surface area (TPSA) is 10.8 Å². The lowest BCUT2D eigenvalue weighted by Gasteiger charge is -1.95. The van der Waals surface area contributed by atoms with Gasteiger partial charge in [0, 0.05) is 0 Å². The smallest absolute Gasteiger partial charge is 0.409 e. The minimum atomic E-state index is 0. The summed E-state index contributed by atoms with van der Waals surface area (Å²) in [6, 6.07) is 0. The van der Waals surface area contributed by atoms with Gasteiger partial charge in [-0.2, -0.15) is 4.90 Å². The quantitative estimate of drug-likeness (QED) is 0.327. The third-order valence-electron chi connectivity index (χ3n) is 0.803. The summed E-state index contributed by atoms with van der Waals surface area (Å²) < 4.78 is 0. The van der Waals surface area contributed by atoms with Gasteiger partial charge in [-0.1, -0.05) is 4.95 Å². The predicted molar refractivity (Wildman–Crippen MR) is 27.6 cm³/mol. The van der Waals surface area contributed by atoms with E-state index in [-0.39, 0.29) is 12.4 Å². The van der Waals surface area contributed by atoms with Crippen LogP contribution >= 0.6 is 0 Å². The zero-order valence-electron chi connectivity index (χ0n) is 4.93. The molecule has 46 valence electrons. The molecular weight excluding hydrogens is 126 g/mol. The van der Waals surface area contributed by atoms with Crippen molar-refractivity contribution >= 4 is 0 Å². The van der Waals surface area contributed by atoms with Crippen molar-refractivity contribution in [3.63, 3.8) is 0 Å². The maximum Gasteiger partial charge on any atom is 0.409 e. The van der Waals surface area contributed by atoms with Gasteiger partial charge in [-0.3, -0.25) is 0 Å². The fraction of sp³-hybridized carbons (Fsp3) is 0.750. The van der Waals surface area contributed by atoms with Crippen LogP contribution in [0.5, 0.6) is 0 Å². The average Bonchev–Trinajstić information content (AvgIpc) is 1.87. The molecule has 0 saturated carbocycles. The second kappa shape index (κ2) is 2.63. The van der Waals surface area contributed by atoms with Gasteiger partial charge in [-0.25, -0.2) is 0 Å². The van der Waals surface area contributed by atoms with Crippen molar-refractivity contribution in [1.29, 1.82) is 0 Å². The molecule has 0 aliphatic carbocycles. The van der Waals surface area contributed by atoms with Gasteiger partial charge in [0.15, 0.2) is 0 Å². The first-order chi connectivity index (χ1) is 3.29. The lowest BCUT2D eigenvalue weighted by molar-refractivity contribution is -0.00000157. The van der Waals surface area contributed by atoms with E-state index >= 15 is 0 Å². The normalized spacial score (nSPS) is 14.8. The SMILES string of the molecule is CN1C#[N+]N(C)C1.[Cl-]. The van der Waals surface area contributed by atoms with Crippen molar-refractivity contribution in [2.75, 3.05) is 20.8 Å². The van der Waals surface area contributed by atoms with Gasteiger partial charge in [-0.05, 0) is 0 Å². The van der Waals surface area contributed by atoms with E-state index in [4.69, 9.17) is 0 Å². The van der Waals surface area contributed by atoms with Crippen LogP contribution in [0.3, 0.4) is 0 Å². The number of nitrogens with zero attached hydrogens (tertiary/aromatic N) is 3. The Labute approximate surface area is 55.1 Å². The zero-order valence-corrected chi connectivity index (χ0v) is 5.68. The van der Waals surface area contributed by atoms with E-state index in [1.54, 1.807) is 0 Å². The van der Waals surface area contributed by atoms with E-state index in [9.17, 15) is 0 Å². The fourth-order valence-electron chi connectivity index (χ4n) is 0.523. The number of hydrogen-bond acceptors (Lipinski definition) is 2. The summed E-state index contributed by atoms with van der Waals surface area (Å²) in [6.07, 6.45) is 2.75. The van der Waals surface area contributed by atoms with Gasteiger partial charge in [0.25, 0.3) is 0 Å². The molecule has 0 spiro atoms. The first-order valence-electron chi connectivity index (χ1n) is 2.17. The van der Waals surface area contributed by atoms with Crippen LogP contribution in [0.1, 0.15) is 0 Å². The van der Waals surface area contributed by atoms with Gasteiger partial charge < -0.3 is 12.4 Å². The Balaban J connectivity index is 0.000000490. The van der Waals surface area contributed by atoms with Crippen molar-refractivity contribution in [2.24, 2.45) is 0 Å². The van der Waals surface area contributed by atoms with Crippen LogP contribution in [0.2, 0.25) is 0 Å². The molecule has 0 bridgehead atoms. The third kappa shape index (κ3) is 1.47. The summed E-state index contributed by atoms with van der Waals surface area (Å²) >= 11 is 0. The molecule has 4 heteroatoms. The molecule has 8 heavy (non-hydrogen) atoms. The monoisotopic (exact) mass is 133 g/mol. The highest BCUT2D eigenvalue weighted by Crippen LogP contribution is 1.93. The maximum absolute atomic E-state index is 3.83. The summed E-state index contributed by atoms with van der Waals surface area (Å²) in [7, 11) is 3.85. The first kappa shape index (κ1) is 7.38. The Hall–Kier alpha value is -0.620. The molecule has 0 aromatic heterocycles. The molecule has 0 N–H and O–H groups in total. The van der Waals surface area contributed by atoms with E-state index in [1.165, 1.54) is 0 Å². The highest BCUT2D eigenvalue weighted by molar-refractivity contribution is 4.87. The second-order valence-corrected chi connectivity index (χ2v) is 1.70. The average molecular weight is 134 g/mol. The summed E-state index contributed by atoms with van der Waals surface area (Å²) in [5.74, 6) is 0. The van der Waals surface area contributed by atoms with Crippen molar-refractivity contribution in [1.82, 2.24) is 9.91 Å². The van der Waals surface area contributed by atoms with E-state index in [0.717, 1.165) is 6.67 Å². The minimum absolute atomic E-state index is 0. The molecule has 1 rings (SSSR count).